The topological polar surface area (TPSA) is 73.9 Å². The van der Waals surface area contributed by atoms with Crippen LogP contribution < -0.4 is 14.8 Å². The number of nitrogens with one attached hydrogen (secondary N) is 1. The number of benzene rings is 2. The zero-order valence-corrected chi connectivity index (χ0v) is 15.2. The van der Waals surface area contributed by atoms with Crippen LogP contribution in [0, 0.1) is 6.92 Å². The van der Waals surface area contributed by atoms with Gasteiger partial charge in [0.1, 0.15) is 11.5 Å². The summed E-state index contributed by atoms with van der Waals surface area (Å²) in [6.07, 6.45) is 0.798. The Hall–Kier alpha value is -3.02. The first kappa shape index (κ1) is 19.3. The van der Waals surface area contributed by atoms with E-state index < -0.39 is 5.97 Å². The molecule has 2 rings (SSSR count). The van der Waals surface area contributed by atoms with Gasteiger partial charge in [-0.25, -0.2) is 4.79 Å². The second-order valence-corrected chi connectivity index (χ2v) is 5.64. The van der Waals surface area contributed by atoms with Crippen molar-refractivity contribution in [3.05, 3.63) is 53.6 Å². The van der Waals surface area contributed by atoms with Gasteiger partial charge in [0.2, 0.25) is 0 Å². The van der Waals surface area contributed by atoms with E-state index in [1.165, 1.54) is 0 Å². The van der Waals surface area contributed by atoms with Gasteiger partial charge in [0.05, 0.1) is 7.11 Å². The monoisotopic (exact) mass is 357 g/mol. The summed E-state index contributed by atoms with van der Waals surface area (Å²) in [6, 6.07) is 12.6. The summed E-state index contributed by atoms with van der Waals surface area (Å²) in [7, 11) is 1.57. The number of para-hydroxylation sites is 1. The fourth-order valence-corrected chi connectivity index (χ4v) is 2.38. The molecule has 0 saturated heterocycles. The lowest BCUT2D eigenvalue weighted by Crippen LogP contribution is -2.24. The smallest absolute Gasteiger partial charge is 0.344 e. The van der Waals surface area contributed by atoms with Crippen molar-refractivity contribution < 1.29 is 23.8 Å². The normalized spacial score (nSPS) is 10.1. The third kappa shape index (κ3) is 5.51. The summed E-state index contributed by atoms with van der Waals surface area (Å²) >= 11 is 0. The Labute approximate surface area is 153 Å². The molecule has 0 fully saturated rings. The molecule has 0 spiro atoms. The predicted molar refractivity (Wildman–Crippen MR) is 98.6 cm³/mol. The number of hydrogen-bond acceptors (Lipinski definition) is 5. The molecule has 0 atom stereocenters. The molecular weight excluding hydrogens is 334 g/mol. The van der Waals surface area contributed by atoms with Crippen LogP contribution in [0.15, 0.2) is 42.5 Å². The molecule has 1 N–H and O–H groups in total. The Morgan fingerprint density at radius 1 is 1.00 bits per heavy atom. The fraction of sp³-hybridized carbons (Fsp3) is 0.300. The SMILES string of the molecule is CCc1cccc(C)c1NC(=O)COC(=O)COc1ccc(OC)cc1. The van der Waals surface area contributed by atoms with Crippen molar-refractivity contribution in [1.82, 2.24) is 0 Å². The van der Waals surface area contributed by atoms with Gasteiger partial charge in [-0.15, -0.1) is 0 Å². The quantitative estimate of drug-likeness (QED) is 0.735. The first-order chi connectivity index (χ1) is 12.5. The Balaban J connectivity index is 1.79. The Kier molecular flexibility index (Phi) is 7.02. The van der Waals surface area contributed by atoms with Crippen LogP contribution in [0.25, 0.3) is 0 Å². The number of anilines is 1. The van der Waals surface area contributed by atoms with Crippen LogP contribution in [0.5, 0.6) is 11.5 Å². The molecule has 6 nitrogen and oxygen atoms in total. The van der Waals surface area contributed by atoms with Crippen molar-refractivity contribution in [2.75, 3.05) is 25.6 Å². The zero-order valence-electron chi connectivity index (χ0n) is 15.2. The van der Waals surface area contributed by atoms with Crippen LogP contribution in [-0.4, -0.2) is 32.2 Å². The van der Waals surface area contributed by atoms with Gasteiger partial charge >= 0.3 is 5.97 Å². The first-order valence-electron chi connectivity index (χ1n) is 8.34. The van der Waals surface area contributed by atoms with Gasteiger partial charge in [0.15, 0.2) is 13.2 Å². The van der Waals surface area contributed by atoms with Crippen LogP contribution >= 0.6 is 0 Å². The van der Waals surface area contributed by atoms with Crippen LogP contribution in [0.1, 0.15) is 18.1 Å². The van der Waals surface area contributed by atoms with Gasteiger partial charge in [-0.2, -0.15) is 0 Å². The van der Waals surface area contributed by atoms with Gasteiger partial charge in [-0.05, 0) is 48.7 Å². The summed E-state index contributed by atoms with van der Waals surface area (Å²) in [4.78, 5) is 23.8. The summed E-state index contributed by atoms with van der Waals surface area (Å²) in [5, 5.41) is 2.80. The standard InChI is InChI=1S/C20H23NO5/c1-4-15-7-5-6-14(2)20(15)21-18(22)12-26-19(23)13-25-17-10-8-16(24-3)9-11-17/h5-11H,4,12-13H2,1-3H3,(H,21,22). The molecule has 0 aromatic heterocycles. The minimum atomic E-state index is -0.614. The van der Waals surface area contributed by atoms with E-state index in [-0.39, 0.29) is 19.1 Å². The molecular formula is C20H23NO5. The van der Waals surface area contributed by atoms with E-state index in [1.54, 1.807) is 31.4 Å². The molecule has 2 aromatic rings. The summed E-state index contributed by atoms with van der Waals surface area (Å²) in [5.41, 5.74) is 2.77. The van der Waals surface area contributed by atoms with Crippen molar-refractivity contribution in [3.63, 3.8) is 0 Å². The molecule has 1 amide bonds. The molecule has 138 valence electrons. The van der Waals surface area contributed by atoms with Crippen molar-refractivity contribution in [2.24, 2.45) is 0 Å². The largest absolute Gasteiger partial charge is 0.497 e. The maximum absolute atomic E-state index is 12.0. The van der Waals surface area contributed by atoms with Gasteiger partial charge < -0.3 is 19.5 Å². The summed E-state index contributed by atoms with van der Waals surface area (Å²) in [6.45, 7) is 3.30. The molecule has 0 aliphatic heterocycles. The number of rotatable bonds is 8. The van der Waals surface area contributed by atoms with E-state index in [1.807, 2.05) is 32.0 Å². The van der Waals surface area contributed by atoms with Crippen LogP contribution in [0.4, 0.5) is 5.69 Å². The van der Waals surface area contributed by atoms with E-state index in [9.17, 15) is 9.59 Å². The van der Waals surface area contributed by atoms with Crippen LogP contribution in [-0.2, 0) is 20.7 Å². The number of methoxy groups -OCH3 is 1. The predicted octanol–water partition coefficient (Wildman–Crippen LogP) is 3.13. The van der Waals surface area contributed by atoms with E-state index in [0.717, 1.165) is 23.2 Å². The van der Waals surface area contributed by atoms with Gasteiger partial charge in [0.25, 0.3) is 5.91 Å². The lowest BCUT2D eigenvalue weighted by atomic mass is 10.1. The molecule has 0 heterocycles. The molecule has 0 unspecified atom stereocenters. The number of aryl methyl sites for hydroxylation is 2. The average molecular weight is 357 g/mol. The van der Waals surface area contributed by atoms with Crippen molar-refractivity contribution in [1.29, 1.82) is 0 Å². The van der Waals surface area contributed by atoms with Gasteiger partial charge in [-0.1, -0.05) is 25.1 Å². The highest BCUT2D eigenvalue weighted by Gasteiger charge is 2.12. The van der Waals surface area contributed by atoms with Crippen LogP contribution in [0.2, 0.25) is 0 Å². The molecule has 6 heteroatoms. The fourth-order valence-electron chi connectivity index (χ4n) is 2.38. The molecule has 0 bridgehead atoms. The second-order valence-electron chi connectivity index (χ2n) is 5.64. The highest BCUT2D eigenvalue weighted by molar-refractivity contribution is 5.94. The van der Waals surface area contributed by atoms with E-state index in [2.05, 4.69) is 5.32 Å². The Morgan fingerprint density at radius 3 is 2.35 bits per heavy atom. The molecule has 2 aromatic carbocycles. The average Bonchev–Trinajstić information content (AvgIpc) is 2.66. The Bertz CT molecular complexity index is 755. The van der Waals surface area contributed by atoms with E-state index >= 15 is 0 Å². The summed E-state index contributed by atoms with van der Waals surface area (Å²) < 4.78 is 15.3. The van der Waals surface area contributed by atoms with Gasteiger partial charge in [-0.3, -0.25) is 4.79 Å². The van der Waals surface area contributed by atoms with Crippen molar-refractivity contribution in [3.8, 4) is 11.5 Å². The van der Waals surface area contributed by atoms with E-state index in [0.29, 0.717) is 11.5 Å². The minimum Gasteiger partial charge on any atom is -0.497 e. The third-order valence-corrected chi connectivity index (χ3v) is 3.78. The number of carbonyl (C=O) groups is 2. The number of hydrogen-bond donors (Lipinski definition) is 1. The number of esters is 1. The lowest BCUT2D eigenvalue weighted by Gasteiger charge is -2.13. The maximum Gasteiger partial charge on any atom is 0.344 e. The van der Waals surface area contributed by atoms with Crippen molar-refractivity contribution in [2.45, 2.75) is 20.3 Å². The maximum atomic E-state index is 12.0. The molecule has 0 aliphatic rings. The molecule has 0 radical (unpaired) electrons. The van der Waals surface area contributed by atoms with Gasteiger partial charge in [0, 0.05) is 5.69 Å². The molecule has 26 heavy (non-hydrogen) atoms. The first-order valence-corrected chi connectivity index (χ1v) is 8.34. The third-order valence-electron chi connectivity index (χ3n) is 3.78. The minimum absolute atomic E-state index is 0.274. The highest BCUT2D eigenvalue weighted by atomic mass is 16.6. The zero-order chi connectivity index (χ0) is 18.9. The number of amides is 1. The van der Waals surface area contributed by atoms with E-state index in [4.69, 9.17) is 14.2 Å². The summed E-state index contributed by atoms with van der Waals surface area (Å²) in [5.74, 6) is 0.210. The number of ether oxygens (including phenoxy) is 3. The highest BCUT2D eigenvalue weighted by Crippen LogP contribution is 2.21. The number of carbonyl (C=O) groups excluding carboxylic acids is 2. The lowest BCUT2D eigenvalue weighted by molar-refractivity contribution is -0.149. The van der Waals surface area contributed by atoms with Crippen molar-refractivity contribution >= 4 is 17.6 Å². The molecule has 0 saturated carbocycles. The Morgan fingerprint density at radius 2 is 1.69 bits per heavy atom. The second kappa shape index (κ2) is 9.46. The van der Waals surface area contributed by atoms with Crippen LogP contribution in [0.3, 0.4) is 0 Å². The molecule has 0 aliphatic carbocycles.